The molecular formula is C46H58Cl2N6O7S4. The predicted molar refractivity (Wildman–Crippen MR) is 257 cm³/mol. The van der Waals surface area contributed by atoms with E-state index in [0.29, 0.717) is 64.1 Å². The van der Waals surface area contributed by atoms with Crippen molar-refractivity contribution in [3.05, 3.63) is 104 Å². The van der Waals surface area contributed by atoms with Gasteiger partial charge in [-0.05, 0) is 130 Å². The van der Waals surface area contributed by atoms with Gasteiger partial charge in [0.1, 0.15) is 8.42 Å². The van der Waals surface area contributed by atoms with Crippen LogP contribution in [0.4, 0.5) is 0 Å². The highest BCUT2D eigenvalue weighted by Crippen LogP contribution is 2.45. The summed E-state index contributed by atoms with van der Waals surface area (Å²) in [5, 5.41) is 24.6. The van der Waals surface area contributed by atoms with Crippen molar-refractivity contribution in [3.63, 3.8) is 0 Å². The van der Waals surface area contributed by atoms with Crippen LogP contribution in [-0.4, -0.2) is 98.8 Å². The van der Waals surface area contributed by atoms with Crippen LogP contribution < -0.4 is 21.3 Å². The Morgan fingerprint density at radius 2 is 1.17 bits per heavy atom. The molecule has 3 aliphatic carbocycles. The highest BCUT2D eigenvalue weighted by Gasteiger charge is 2.42. The summed E-state index contributed by atoms with van der Waals surface area (Å²) in [7, 11) is -7.09. The molecule has 19 heteroatoms. The summed E-state index contributed by atoms with van der Waals surface area (Å²) in [6, 6.07) is 20.9. The third kappa shape index (κ3) is 12.2. The molecule has 0 spiro atoms. The number of benzene rings is 2. The molecule has 5 N–H and O–H groups in total. The number of carbonyl (C=O) groups excluding carboxylic acids is 2. The third-order valence-electron chi connectivity index (χ3n) is 13.5. The van der Waals surface area contributed by atoms with Crippen molar-refractivity contribution in [1.29, 1.82) is 0 Å². The lowest BCUT2D eigenvalue weighted by molar-refractivity contribution is 0.00299. The SMILES string of the molecule is O=C(NCc1ccc(S(=O)(=O)N2CCC(NCC3(O)CCCCC3)C2)s1)c1ccc(Cl)cc1.O=C(NCc1ccc(S(=O)(=O)N2CCC(N[C@@H]3C[C@H]4CC[C@@H]3C4)C2)s1)c1ccc(Cl)cc1. The predicted octanol–water partition coefficient (Wildman–Crippen LogP) is 7.25. The number of amides is 2. The third-order valence-corrected chi connectivity index (χ3v) is 20.9. The molecule has 5 atom stereocenters. The number of thiophene rings is 2. The number of hydrogen-bond acceptors (Lipinski definition) is 11. The van der Waals surface area contributed by atoms with Gasteiger partial charge in [-0.2, -0.15) is 8.61 Å². The van der Waals surface area contributed by atoms with E-state index in [2.05, 4.69) is 21.3 Å². The van der Waals surface area contributed by atoms with E-state index >= 15 is 0 Å². The molecule has 2 amide bonds. The number of nitrogens with zero attached hydrogens (tertiary/aromatic N) is 2. The summed E-state index contributed by atoms with van der Waals surface area (Å²) < 4.78 is 56.3. The quantitative estimate of drug-likeness (QED) is 0.0821. The Morgan fingerprint density at radius 3 is 1.66 bits per heavy atom. The molecule has 2 saturated heterocycles. The van der Waals surface area contributed by atoms with Gasteiger partial charge in [-0.1, -0.05) is 48.9 Å². The fraction of sp³-hybridized carbons (Fsp3) is 0.522. The van der Waals surface area contributed by atoms with Gasteiger partial charge in [0.15, 0.2) is 0 Å². The second-order valence-electron chi connectivity index (χ2n) is 18.1. The van der Waals surface area contributed by atoms with Gasteiger partial charge in [-0.15, -0.1) is 22.7 Å². The lowest BCUT2D eigenvalue weighted by Gasteiger charge is -2.33. The molecule has 5 fully saturated rings. The van der Waals surface area contributed by atoms with Gasteiger partial charge in [0.2, 0.25) is 0 Å². The monoisotopic (exact) mass is 1000 g/mol. The second kappa shape index (κ2) is 21.1. The number of fused-ring (bicyclic) bond motifs is 2. The van der Waals surface area contributed by atoms with Crippen molar-refractivity contribution >= 4 is 77.7 Å². The van der Waals surface area contributed by atoms with Crippen LogP contribution in [-0.2, 0) is 33.1 Å². The first kappa shape index (κ1) is 48.5. The maximum atomic E-state index is 13.2. The minimum atomic E-state index is -3.58. The molecule has 65 heavy (non-hydrogen) atoms. The van der Waals surface area contributed by atoms with Crippen molar-refractivity contribution in [2.75, 3.05) is 32.7 Å². The van der Waals surface area contributed by atoms with Crippen LogP contribution in [0.15, 0.2) is 81.2 Å². The summed E-state index contributed by atoms with van der Waals surface area (Å²) in [4.78, 5) is 26.1. The Kier molecular flexibility index (Phi) is 15.8. The van der Waals surface area contributed by atoms with Gasteiger partial charge in [0.25, 0.3) is 31.9 Å². The zero-order valence-electron chi connectivity index (χ0n) is 36.2. The molecule has 2 aliphatic heterocycles. The molecule has 13 nitrogen and oxygen atoms in total. The van der Waals surface area contributed by atoms with E-state index < -0.39 is 25.6 Å². The Labute approximate surface area is 400 Å². The normalized spacial score (nSPS) is 24.4. The zero-order valence-corrected chi connectivity index (χ0v) is 41.0. The smallest absolute Gasteiger partial charge is 0.252 e. The first-order valence-electron chi connectivity index (χ1n) is 22.6. The molecule has 5 aliphatic rings. The van der Waals surface area contributed by atoms with E-state index in [9.17, 15) is 31.5 Å². The summed E-state index contributed by atoms with van der Waals surface area (Å²) in [5.41, 5.74) is 0.353. The molecule has 2 bridgehead atoms. The number of hydrogen-bond donors (Lipinski definition) is 5. The van der Waals surface area contributed by atoms with Gasteiger partial charge in [-0.25, -0.2) is 16.8 Å². The van der Waals surface area contributed by atoms with E-state index in [4.69, 9.17) is 23.2 Å². The Balaban J connectivity index is 0.000000177. The van der Waals surface area contributed by atoms with Crippen LogP contribution in [0.5, 0.6) is 0 Å². The average molecular weight is 1010 g/mol. The molecule has 9 rings (SSSR count). The van der Waals surface area contributed by atoms with Crippen molar-refractivity contribution in [2.45, 2.75) is 116 Å². The van der Waals surface area contributed by atoms with Crippen molar-refractivity contribution in [2.24, 2.45) is 11.8 Å². The van der Waals surface area contributed by atoms with E-state index in [1.54, 1.807) is 77.1 Å². The van der Waals surface area contributed by atoms with Gasteiger partial charge >= 0.3 is 0 Å². The van der Waals surface area contributed by atoms with Crippen molar-refractivity contribution in [1.82, 2.24) is 29.9 Å². The lowest BCUT2D eigenvalue weighted by Crippen LogP contribution is -2.46. The maximum absolute atomic E-state index is 13.2. The largest absolute Gasteiger partial charge is 0.389 e. The molecule has 2 unspecified atom stereocenters. The van der Waals surface area contributed by atoms with Gasteiger partial charge in [0.05, 0.1) is 18.7 Å². The number of halogens is 2. The Bertz CT molecular complexity index is 2500. The van der Waals surface area contributed by atoms with Crippen LogP contribution >= 0.6 is 45.9 Å². The average Bonchev–Trinajstić information content (AvgIpc) is 4.17. The lowest BCUT2D eigenvalue weighted by atomic mass is 9.85. The van der Waals surface area contributed by atoms with Crippen molar-refractivity contribution < 1.29 is 31.5 Å². The van der Waals surface area contributed by atoms with Crippen LogP contribution in [0.1, 0.15) is 101 Å². The second-order valence-corrected chi connectivity index (χ2v) is 25.7. The van der Waals surface area contributed by atoms with Crippen LogP contribution in [0, 0.1) is 11.8 Å². The van der Waals surface area contributed by atoms with Crippen LogP contribution in [0.25, 0.3) is 0 Å². The number of rotatable bonds is 15. The molecule has 2 aromatic heterocycles. The molecular weight excluding hydrogens is 948 g/mol. The first-order chi connectivity index (χ1) is 31.1. The minimum absolute atomic E-state index is 0.0452. The summed E-state index contributed by atoms with van der Waals surface area (Å²) in [5.74, 6) is 1.21. The van der Waals surface area contributed by atoms with E-state index in [0.717, 1.165) is 60.1 Å². The van der Waals surface area contributed by atoms with E-state index in [1.165, 1.54) is 59.1 Å². The maximum Gasteiger partial charge on any atom is 0.252 e. The van der Waals surface area contributed by atoms with Crippen molar-refractivity contribution in [3.8, 4) is 0 Å². The molecule has 0 radical (unpaired) electrons. The summed E-state index contributed by atoms with van der Waals surface area (Å²) in [6.45, 7) is 3.01. The molecule has 2 aromatic carbocycles. The zero-order chi connectivity index (χ0) is 45.8. The fourth-order valence-corrected chi connectivity index (χ4v) is 16.0. The van der Waals surface area contributed by atoms with E-state index in [-0.39, 0.29) is 41.2 Å². The molecule has 3 saturated carbocycles. The Hall–Kier alpha value is -2.94. The fourth-order valence-electron chi connectivity index (χ4n) is 9.85. The highest BCUT2D eigenvalue weighted by molar-refractivity contribution is 7.91. The molecule has 352 valence electrons. The van der Waals surface area contributed by atoms with Gasteiger partial charge in [-0.3, -0.25) is 9.59 Å². The number of nitrogens with one attached hydrogen (secondary N) is 4. The molecule has 4 aromatic rings. The highest BCUT2D eigenvalue weighted by atomic mass is 35.5. The standard InChI is InChI=1S/C23H30ClN3O4S2.C23H28ClN3O3S2/c24-18-6-4-17(5-7-18)22(28)25-14-20-8-9-21(32-20)33(30,31)27-13-10-19(15-27)26-16-23(29)11-2-1-3-12-23;24-18-5-3-16(4-6-18)23(28)25-13-20-7-8-22(31-20)32(29,30)27-10-9-19(14-27)26-21-12-15-1-2-17(21)11-15/h4-9,19,26,29H,1-3,10-16H2,(H,25,28);3-8,15,17,19,21,26H,1-2,9-14H2,(H,25,28)/t;15-,17+,19?,21+/m.0/s1. The Morgan fingerprint density at radius 1 is 0.662 bits per heavy atom. The van der Waals surface area contributed by atoms with Crippen LogP contribution in [0.3, 0.4) is 0 Å². The van der Waals surface area contributed by atoms with Gasteiger partial charge < -0.3 is 26.4 Å². The molecule has 4 heterocycles. The van der Waals surface area contributed by atoms with Crippen LogP contribution in [0.2, 0.25) is 10.0 Å². The number of carbonyl (C=O) groups is 2. The first-order valence-corrected chi connectivity index (χ1v) is 27.9. The summed E-state index contributed by atoms with van der Waals surface area (Å²) >= 11 is 14.1. The number of sulfonamides is 2. The van der Waals surface area contributed by atoms with E-state index in [1.807, 2.05) is 0 Å². The minimum Gasteiger partial charge on any atom is -0.389 e. The number of aliphatic hydroxyl groups is 1. The topological polar surface area (TPSA) is 177 Å². The summed E-state index contributed by atoms with van der Waals surface area (Å²) in [6.07, 6.45) is 11.8. The van der Waals surface area contributed by atoms with Gasteiger partial charge in [0, 0.05) is 81.8 Å².